The molecule has 3 aromatic rings. The SMILES string of the molecule is O=c1[nH]c(O)c(/C=N/Nc2nc3ccccc3c(=O)[nH]2)c(=O)[nH]1. The van der Waals surface area contributed by atoms with E-state index in [0.717, 1.165) is 6.21 Å². The molecular weight excluding hydrogens is 304 g/mol. The van der Waals surface area contributed by atoms with Crippen LogP contribution >= 0.6 is 0 Å². The van der Waals surface area contributed by atoms with Gasteiger partial charge in [0, 0.05) is 0 Å². The Labute approximate surface area is 126 Å². The van der Waals surface area contributed by atoms with E-state index in [-0.39, 0.29) is 17.1 Å². The highest BCUT2D eigenvalue weighted by atomic mass is 16.3. The maximum Gasteiger partial charge on any atom is 0.328 e. The molecule has 116 valence electrons. The Hall–Kier alpha value is -3.69. The first kappa shape index (κ1) is 14.3. The number of hydrogen-bond donors (Lipinski definition) is 5. The van der Waals surface area contributed by atoms with Gasteiger partial charge in [-0.3, -0.25) is 24.5 Å². The van der Waals surface area contributed by atoms with Gasteiger partial charge >= 0.3 is 5.69 Å². The van der Waals surface area contributed by atoms with E-state index in [2.05, 4.69) is 20.5 Å². The topological polar surface area (TPSA) is 156 Å². The maximum absolute atomic E-state index is 11.9. The van der Waals surface area contributed by atoms with E-state index in [9.17, 15) is 19.5 Å². The van der Waals surface area contributed by atoms with E-state index >= 15 is 0 Å². The summed E-state index contributed by atoms with van der Waals surface area (Å²) in [4.78, 5) is 44.9. The van der Waals surface area contributed by atoms with Crippen molar-refractivity contribution in [3.63, 3.8) is 0 Å². The lowest BCUT2D eigenvalue weighted by molar-refractivity contribution is 0.447. The van der Waals surface area contributed by atoms with Gasteiger partial charge in [0.2, 0.25) is 11.8 Å². The van der Waals surface area contributed by atoms with Crippen LogP contribution in [0.2, 0.25) is 0 Å². The molecule has 5 N–H and O–H groups in total. The van der Waals surface area contributed by atoms with Crippen LogP contribution in [-0.4, -0.2) is 31.3 Å². The van der Waals surface area contributed by atoms with Crippen LogP contribution in [0.5, 0.6) is 5.88 Å². The van der Waals surface area contributed by atoms with Crippen molar-refractivity contribution in [2.75, 3.05) is 5.43 Å². The Balaban J connectivity index is 1.91. The number of anilines is 1. The summed E-state index contributed by atoms with van der Waals surface area (Å²) in [6, 6.07) is 6.75. The monoisotopic (exact) mass is 314 g/mol. The number of aromatic hydroxyl groups is 1. The van der Waals surface area contributed by atoms with Gasteiger partial charge in [-0.05, 0) is 12.1 Å². The molecule has 0 amide bonds. The van der Waals surface area contributed by atoms with Crippen LogP contribution in [0.1, 0.15) is 5.56 Å². The summed E-state index contributed by atoms with van der Waals surface area (Å²) < 4.78 is 0. The number of hydrazone groups is 1. The Bertz CT molecular complexity index is 1080. The lowest BCUT2D eigenvalue weighted by atomic mass is 10.2. The quantitative estimate of drug-likeness (QED) is 0.322. The van der Waals surface area contributed by atoms with Gasteiger partial charge in [0.25, 0.3) is 11.1 Å². The normalized spacial score (nSPS) is 11.1. The summed E-state index contributed by atoms with van der Waals surface area (Å²) >= 11 is 0. The largest absolute Gasteiger partial charge is 0.494 e. The van der Waals surface area contributed by atoms with E-state index in [0.29, 0.717) is 10.9 Å². The number of para-hydroxylation sites is 1. The molecule has 0 radical (unpaired) electrons. The summed E-state index contributed by atoms with van der Waals surface area (Å²) in [6.07, 6.45) is 0.985. The molecule has 2 heterocycles. The van der Waals surface area contributed by atoms with Gasteiger partial charge in [-0.1, -0.05) is 12.1 Å². The van der Waals surface area contributed by atoms with Gasteiger partial charge in [0.15, 0.2) is 0 Å². The Morgan fingerprint density at radius 2 is 1.87 bits per heavy atom. The van der Waals surface area contributed by atoms with Gasteiger partial charge in [-0.25, -0.2) is 15.2 Å². The predicted octanol–water partition coefficient (Wildman–Crippen LogP) is -0.549. The predicted molar refractivity (Wildman–Crippen MR) is 82.9 cm³/mol. The zero-order valence-electron chi connectivity index (χ0n) is 11.5. The Kier molecular flexibility index (Phi) is 3.47. The molecule has 1 aromatic carbocycles. The van der Waals surface area contributed by atoms with E-state index in [1.807, 2.05) is 9.97 Å². The molecule has 23 heavy (non-hydrogen) atoms. The highest BCUT2D eigenvalue weighted by molar-refractivity contribution is 5.82. The van der Waals surface area contributed by atoms with Crippen molar-refractivity contribution in [2.45, 2.75) is 0 Å². The minimum absolute atomic E-state index is 0.0605. The third kappa shape index (κ3) is 2.85. The molecule has 0 atom stereocenters. The number of aromatic nitrogens is 4. The minimum Gasteiger partial charge on any atom is -0.494 e. The molecule has 0 fully saturated rings. The van der Waals surface area contributed by atoms with Crippen LogP contribution in [0.3, 0.4) is 0 Å². The Morgan fingerprint density at radius 1 is 1.09 bits per heavy atom. The number of hydrogen-bond acceptors (Lipinski definition) is 7. The molecule has 0 unspecified atom stereocenters. The van der Waals surface area contributed by atoms with Crippen molar-refractivity contribution in [2.24, 2.45) is 5.10 Å². The first-order chi connectivity index (χ1) is 11.0. The summed E-state index contributed by atoms with van der Waals surface area (Å²) in [6.45, 7) is 0. The fourth-order valence-corrected chi connectivity index (χ4v) is 1.90. The van der Waals surface area contributed by atoms with Gasteiger partial charge in [-0.2, -0.15) is 5.10 Å². The first-order valence-electron chi connectivity index (χ1n) is 6.38. The molecule has 0 aliphatic heterocycles. The fraction of sp³-hybridized carbons (Fsp3) is 0. The van der Waals surface area contributed by atoms with Crippen molar-refractivity contribution >= 4 is 23.1 Å². The van der Waals surface area contributed by atoms with Crippen LogP contribution in [0, 0.1) is 0 Å². The molecule has 0 saturated carbocycles. The zero-order valence-corrected chi connectivity index (χ0v) is 11.5. The van der Waals surface area contributed by atoms with Crippen LogP contribution in [0.25, 0.3) is 10.9 Å². The molecule has 0 bridgehead atoms. The van der Waals surface area contributed by atoms with Crippen LogP contribution in [0.4, 0.5) is 5.95 Å². The van der Waals surface area contributed by atoms with Crippen molar-refractivity contribution < 1.29 is 5.11 Å². The van der Waals surface area contributed by atoms with Crippen molar-refractivity contribution in [3.8, 4) is 5.88 Å². The second kappa shape index (κ2) is 5.60. The number of benzene rings is 1. The molecule has 0 aliphatic carbocycles. The molecule has 0 aliphatic rings. The summed E-state index contributed by atoms with van der Waals surface area (Å²) in [7, 11) is 0. The average Bonchev–Trinajstić information content (AvgIpc) is 2.50. The smallest absolute Gasteiger partial charge is 0.328 e. The standard InChI is InChI=1S/C13H10N6O4/c20-9-6-3-1-2-4-8(6)15-12(16-9)19-14-5-7-10(21)17-13(23)18-11(7)22/h1-5H,(H2,15,16,19,20)(H3,17,18,21,22,23)/b14-5+. The summed E-state index contributed by atoms with van der Waals surface area (Å²) in [5, 5.41) is 13.6. The lowest BCUT2D eigenvalue weighted by Crippen LogP contribution is -2.25. The third-order valence-electron chi connectivity index (χ3n) is 2.94. The molecule has 10 nitrogen and oxygen atoms in total. The fourth-order valence-electron chi connectivity index (χ4n) is 1.90. The van der Waals surface area contributed by atoms with E-state index in [1.54, 1.807) is 24.3 Å². The second-order valence-corrected chi connectivity index (χ2v) is 4.47. The maximum atomic E-state index is 11.9. The van der Waals surface area contributed by atoms with E-state index < -0.39 is 17.1 Å². The highest BCUT2D eigenvalue weighted by Crippen LogP contribution is 2.08. The molecule has 0 saturated heterocycles. The molecular formula is C13H10N6O4. The Morgan fingerprint density at radius 3 is 2.65 bits per heavy atom. The van der Waals surface area contributed by atoms with Crippen molar-refractivity contribution in [1.82, 2.24) is 19.9 Å². The van der Waals surface area contributed by atoms with E-state index in [1.165, 1.54) is 0 Å². The number of nitrogens with one attached hydrogen (secondary N) is 4. The number of H-pyrrole nitrogens is 3. The molecule has 2 aromatic heterocycles. The van der Waals surface area contributed by atoms with Crippen molar-refractivity contribution in [1.29, 1.82) is 0 Å². The second-order valence-electron chi connectivity index (χ2n) is 4.47. The lowest BCUT2D eigenvalue weighted by Gasteiger charge is -2.01. The molecule has 0 spiro atoms. The summed E-state index contributed by atoms with van der Waals surface area (Å²) in [5.41, 5.74) is 0.671. The van der Waals surface area contributed by atoms with Gasteiger partial charge in [-0.15, -0.1) is 0 Å². The number of fused-ring (bicyclic) bond motifs is 1. The molecule has 10 heteroatoms. The van der Waals surface area contributed by atoms with Crippen LogP contribution in [0.15, 0.2) is 43.8 Å². The third-order valence-corrected chi connectivity index (χ3v) is 2.94. The number of rotatable bonds is 3. The summed E-state index contributed by atoms with van der Waals surface area (Å²) in [5.74, 6) is -0.561. The van der Waals surface area contributed by atoms with Crippen molar-refractivity contribution in [3.05, 3.63) is 61.0 Å². The highest BCUT2D eigenvalue weighted by Gasteiger charge is 2.06. The van der Waals surface area contributed by atoms with E-state index in [4.69, 9.17) is 0 Å². The van der Waals surface area contributed by atoms with Crippen LogP contribution < -0.4 is 22.2 Å². The number of nitrogens with zero attached hydrogens (tertiary/aromatic N) is 2. The first-order valence-corrected chi connectivity index (χ1v) is 6.38. The van der Waals surface area contributed by atoms with Crippen LogP contribution in [-0.2, 0) is 0 Å². The van der Waals surface area contributed by atoms with Gasteiger partial charge in [0.05, 0.1) is 17.1 Å². The minimum atomic E-state index is -0.835. The number of aromatic amines is 3. The average molecular weight is 314 g/mol. The van der Waals surface area contributed by atoms with Gasteiger partial charge in [0.1, 0.15) is 5.56 Å². The van der Waals surface area contributed by atoms with Gasteiger partial charge < -0.3 is 5.11 Å². The zero-order chi connectivity index (χ0) is 16.4. The molecule has 3 rings (SSSR count).